The zero-order valence-corrected chi connectivity index (χ0v) is 23.7. The number of nitrogens with one attached hydrogen (secondary N) is 1. The molecule has 3 atom stereocenters. The summed E-state index contributed by atoms with van der Waals surface area (Å²) in [5.74, 6) is 2.59. The van der Waals surface area contributed by atoms with Crippen LogP contribution in [0.25, 0.3) is 0 Å². The Morgan fingerprint density at radius 3 is 2.27 bits per heavy atom. The van der Waals surface area contributed by atoms with Gasteiger partial charge >= 0.3 is 6.03 Å². The van der Waals surface area contributed by atoms with Gasteiger partial charge in [0.05, 0.1) is 18.7 Å². The molecule has 1 saturated carbocycles. The van der Waals surface area contributed by atoms with Gasteiger partial charge in [0.15, 0.2) is 0 Å². The fraction of sp³-hybridized carbons (Fsp3) is 0.394. The average Bonchev–Trinajstić information content (AvgIpc) is 3.27. The first-order valence-corrected chi connectivity index (χ1v) is 14.3. The van der Waals surface area contributed by atoms with Crippen molar-refractivity contribution in [1.29, 1.82) is 5.26 Å². The summed E-state index contributed by atoms with van der Waals surface area (Å²) in [6.07, 6.45) is 3.91. The molecule has 3 unspecified atom stereocenters. The Labute approximate surface area is 242 Å². The number of carbonyl (C=O) groups is 1. The molecule has 214 valence electrons. The number of piperidine rings is 1. The summed E-state index contributed by atoms with van der Waals surface area (Å²) in [5, 5.41) is 21.9. The fourth-order valence-corrected chi connectivity index (χ4v) is 6.38. The maximum atomic E-state index is 13.1. The predicted molar refractivity (Wildman–Crippen MR) is 158 cm³/mol. The molecule has 8 heteroatoms. The molecular weight excluding hydrogens is 516 g/mol. The summed E-state index contributed by atoms with van der Waals surface area (Å²) in [4.78, 5) is 17.5. The van der Waals surface area contributed by atoms with Crippen LogP contribution < -0.4 is 14.8 Å². The number of aromatic hydroxyl groups is 1. The number of anilines is 1. The highest BCUT2D eigenvalue weighted by atomic mass is 16.5. The van der Waals surface area contributed by atoms with Gasteiger partial charge in [-0.05, 0) is 110 Å². The van der Waals surface area contributed by atoms with Gasteiger partial charge in [-0.3, -0.25) is 0 Å². The third-order valence-electron chi connectivity index (χ3n) is 8.44. The van der Waals surface area contributed by atoms with Gasteiger partial charge in [0.1, 0.15) is 23.4 Å². The van der Waals surface area contributed by atoms with Crippen LogP contribution in [0.2, 0.25) is 0 Å². The molecule has 2 N–H and O–H groups in total. The monoisotopic (exact) mass is 554 g/mol. The van der Waals surface area contributed by atoms with Crippen LogP contribution in [0.1, 0.15) is 42.9 Å². The van der Waals surface area contributed by atoms with E-state index in [9.17, 15) is 15.2 Å². The molecule has 5 rings (SSSR count). The lowest BCUT2D eigenvalue weighted by Gasteiger charge is -2.42. The number of rotatable bonds is 10. The summed E-state index contributed by atoms with van der Waals surface area (Å²) < 4.78 is 11.6. The SMILES string of the molecule is COc1ccc(NC(=O)N(C)C2C3CCC2CN(CCCC(Oc2ccc(O)cc2)c2ccc(C#N)cc2)C3)cc1. The minimum absolute atomic E-state index is 0.0674. The van der Waals surface area contributed by atoms with Crippen molar-refractivity contribution in [3.8, 4) is 23.3 Å². The van der Waals surface area contributed by atoms with E-state index in [0.717, 1.165) is 62.3 Å². The Balaban J connectivity index is 1.16. The number of phenolic OH excluding ortho intramolecular Hbond substituents is 1. The highest BCUT2D eigenvalue weighted by Crippen LogP contribution is 2.40. The van der Waals surface area contributed by atoms with Crippen LogP contribution in [0.3, 0.4) is 0 Å². The van der Waals surface area contributed by atoms with Crippen LogP contribution >= 0.6 is 0 Å². The molecule has 2 aliphatic rings. The number of urea groups is 1. The number of fused-ring (bicyclic) bond motifs is 2. The van der Waals surface area contributed by atoms with E-state index >= 15 is 0 Å². The Bertz CT molecular complexity index is 1320. The second kappa shape index (κ2) is 13.0. The molecule has 1 aliphatic carbocycles. The number of hydrogen-bond donors (Lipinski definition) is 2. The van der Waals surface area contributed by atoms with Crippen molar-refractivity contribution in [3.05, 3.63) is 83.9 Å². The van der Waals surface area contributed by atoms with Crippen molar-refractivity contribution in [2.45, 2.75) is 37.8 Å². The van der Waals surface area contributed by atoms with E-state index in [4.69, 9.17) is 9.47 Å². The van der Waals surface area contributed by atoms with Gasteiger partial charge in [-0.1, -0.05) is 12.1 Å². The van der Waals surface area contributed by atoms with Crippen LogP contribution in [0.4, 0.5) is 10.5 Å². The third kappa shape index (κ3) is 6.93. The molecule has 3 aromatic carbocycles. The summed E-state index contributed by atoms with van der Waals surface area (Å²) in [6.45, 7) is 2.94. The van der Waals surface area contributed by atoms with E-state index < -0.39 is 0 Å². The van der Waals surface area contributed by atoms with Gasteiger partial charge < -0.3 is 29.7 Å². The topological polar surface area (TPSA) is 98.1 Å². The lowest BCUT2D eigenvalue weighted by atomic mass is 9.90. The number of benzene rings is 3. The van der Waals surface area contributed by atoms with Crippen LogP contribution in [-0.2, 0) is 0 Å². The molecule has 41 heavy (non-hydrogen) atoms. The molecule has 0 radical (unpaired) electrons. The van der Waals surface area contributed by atoms with E-state index in [1.54, 1.807) is 31.4 Å². The molecular formula is C33H38N4O4. The van der Waals surface area contributed by atoms with Gasteiger partial charge in [-0.25, -0.2) is 4.79 Å². The summed E-state index contributed by atoms with van der Waals surface area (Å²) >= 11 is 0. The standard InChI is InChI=1S/C33H38N4O4/c1-36(33(39)35-27-11-15-29(40-2)16-12-27)32-25-9-10-26(32)22-37(21-25)19-3-4-31(24-7-5-23(20-34)6-8-24)41-30-17-13-28(38)14-18-30/h5-8,11-18,25-26,31-32,38H,3-4,9-10,19,21-22H2,1-2H3,(H,35,39). The van der Waals surface area contributed by atoms with Crippen molar-refractivity contribution >= 4 is 11.7 Å². The largest absolute Gasteiger partial charge is 0.508 e. The number of hydrogen-bond acceptors (Lipinski definition) is 6. The lowest BCUT2D eigenvalue weighted by molar-refractivity contribution is 0.0767. The van der Waals surface area contributed by atoms with Crippen molar-refractivity contribution in [2.24, 2.45) is 11.8 Å². The molecule has 2 bridgehead atoms. The number of nitrogens with zero attached hydrogens (tertiary/aromatic N) is 3. The summed E-state index contributed by atoms with van der Waals surface area (Å²) in [5.41, 5.74) is 2.41. The number of ether oxygens (including phenoxy) is 2. The van der Waals surface area contributed by atoms with Crippen molar-refractivity contribution in [1.82, 2.24) is 9.80 Å². The number of methoxy groups -OCH3 is 1. The number of likely N-dealkylation sites (tertiary alicyclic amines) is 1. The third-order valence-corrected chi connectivity index (χ3v) is 8.44. The van der Waals surface area contributed by atoms with Gasteiger partial charge in [-0.2, -0.15) is 5.26 Å². The summed E-state index contributed by atoms with van der Waals surface area (Å²) in [6, 6.07) is 24.1. The van der Waals surface area contributed by atoms with Crippen molar-refractivity contribution < 1.29 is 19.4 Å². The molecule has 0 spiro atoms. The second-order valence-electron chi connectivity index (χ2n) is 11.1. The van der Waals surface area contributed by atoms with Crippen LogP contribution in [-0.4, -0.2) is 60.8 Å². The first-order chi connectivity index (χ1) is 19.9. The smallest absolute Gasteiger partial charge is 0.321 e. The molecule has 1 heterocycles. The molecule has 8 nitrogen and oxygen atoms in total. The number of carbonyl (C=O) groups excluding carboxylic acids is 1. The Morgan fingerprint density at radius 2 is 1.66 bits per heavy atom. The zero-order chi connectivity index (χ0) is 28.8. The van der Waals surface area contributed by atoms with Gasteiger partial charge in [0, 0.05) is 31.9 Å². The molecule has 3 aromatic rings. The zero-order valence-electron chi connectivity index (χ0n) is 23.7. The van der Waals surface area contributed by atoms with Crippen LogP contribution in [0.5, 0.6) is 17.2 Å². The quantitative estimate of drug-likeness (QED) is 0.317. The van der Waals surface area contributed by atoms with Crippen LogP contribution in [0.15, 0.2) is 72.8 Å². The fourth-order valence-electron chi connectivity index (χ4n) is 6.38. The van der Waals surface area contributed by atoms with Gasteiger partial charge in [0.2, 0.25) is 0 Å². The van der Waals surface area contributed by atoms with Gasteiger partial charge in [-0.15, -0.1) is 0 Å². The number of nitriles is 1. The van der Waals surface area contributed by atoms with E-state index in [2.05, 4.69) is 16.3 Å². The lowest BCUT2D eigenvalue weighted by Crippen LogP contribution is -2.54. The van der Waals surface area contributed by atoms with Crippen molar-refractivity contribution in [2.75, 3.05) is 39.1 Å². The molecule has 1 aliphatic heterocycles. The normalized spacial score (nSPS) is 20.6. The number of amides is 2. The van der Waals surface area contributed by atoms with Gasteiger partial charge in [0.25, 0.3) is 0 Å². The maximum Gasteiger partial charge on any atom is 0.321 e. The van der Waals surface area contributed by atoms with Crippen LogP contribution in [0, 0.1) is 23.2 Å². The van der Waals surface area contributed by atoms with E-state index in [1.165, 1.54) is 0 Å². The highest BCUT2D eigenvalue weighted by molar-refractivity contribution is 5.89. The first kappa shape index (κ1) is 28.3. The Kier molecular flexibility index (Phi) is 8.95. The van der Waals surface area contributed by atoms with Crippen molar-refractivity contribution in [3.63, 3.8) is 0 Å². The molecule has 0 aromatic heterocycles. The number of phenols is 1. The van der Waals surface area contributed by atoms with E-state index in [1.807, 2.05) is 60.5 Å². The molecule has 1 saturated heterocycles. The minimum atomic E-state index is -0.158. The highest BCUT2D eigenvalue weighted by Gasteiger charge is 2.45. The average molecular weight is 555 g/mol. The molecule has 2 fully saturated rings. The Hall–Kier alpha value is -4.22. The van der Waals surface area contributed by atoms with E-state index in [-0.39, 0.29) is 23.9 Å². The predicted octanol–water partition coefficient (Wildman–Crippen LogP) is 6.05. The summed E-state index contributed by atoms with van der Waals surface area (Å²) in [7, 11) is 3.55. The maximum absolute atomic E-state index is 13.1. The first-order valence-electron chi connectivity index (χ1n) is 14.3. The Morgan fingerprint density at radius 1 is 1.02 bits per heavy atom. The minimum Gasteiger partial charge on any atom is -0.508 e. The second-order valence-corrected chi connectivity index (χ2v) is 11.1. The molecule has 2 amide bonds. The van der Waals surface area contributed by atoms with E-state index in [0.29, 0.717) is 23.1 Å².